The SMILES string of the molecule is CCn1nccc1C1CCCCC1COc1cncc(OC)c1. The number of hydrogen-bond donors (Lipinski definition) is 0. The number of hydrogen-bond acceptors (Lipinski definition) is 4. The van der Waals surface area contributed by atoms with Gasteiger partial charge in [-0.05, 0) is 25.8 Å². The van der Waals surface area contributed by atoms with E-state index in [0.717, 1.165) is 18.0 Å². The van der Waals surface area contributed by atoms with Gasteiger partial charge in [-0.15, -0.1) is 0 Å². The Hall–Kier alpha value is -2.04. The highest BCUT2D eigenvalue weighted by atomic mass is 16.5. The molecule has 2 aromatic rings. The van der Waals surface area contributed by atoms with Crippen LogP contribution >= 0.6 is 0 Å². The molecule has 0 N–H and O–H groups in total. The summed E-state index contributed by atoms with van der Waals surface area (Å²) in [5.41, 5.74) is 1.35. The normalized spacial score (nSPS) is 21.1. The number of rotatable bonds is 6. The maximum absolute atomic E-state index is 6.02. The van der Waals surface area contributed by atoms with Gasteiger partial charge in [0.1, 0.15) is 11.5 Å². The lowest BCUT2D eigenvalue weighted by Crippen LogP contribution is -2.26. The molecule has 1 aliphatic carbocycles. The minimum atomic E-state index is 0.525. The first-order valence-electron chi connectivity index (χ1n) is 8.45. The van der Waals surface area contributed by atoms with E-state index in [-0.39, 0.29) is 0 Å². The van der Waals surface area contributed by atoms with E-state index in [1.807, 2.05) is 12.3 Å². The van der Waals surface area contributed by atoms with Crippen LogP contribution in [0.4, 0.5) is 0 Å². The van der Waals surface area contributed by atoms with Gasteiger partial charge >= 0.3 is 0 Å². The molecule has 5 nitrogen and oxygen atoms in total. The summed E-state index contributed by atoms with van der Waals surface area (Å²) >= 11 is 0. The van der Waals surface area contributed by atoms with Crippen LogP contribution in [0.1, 0.15) is 44.2 Å². The van der Waals surface area contributed by atoms with Crippen molar-refractivity contribution in [2.75, 3.05) is 13.7 Å². The third-order valence-corrected chi connectivity index (χ3v) is 4.73. The highest BCUT2D eigenvalue weighted by Gasteiger charge is 2.29. The summed E-state index contributed by atoms with van der Waals surface area (Å²) < 4.78 is 13.3. The molecule has 124 valence electrons. The molecule has 0 bridgehead atoms. The molecule has 5 heteroatoms. The minimum Gasteiger partial charge on any atom is -0.495 e. The third kappa shape index (κ3) is 3.66. The average molecular weight is 315 g/mol. The van der Waals surface area contributed by atoms with Crippen LogP contribution in [0.3, 0.4) is 0 Å². The molecule has 0 aliphatic heterocycles. The summed E-state index contributed by atoms with van der Waals surface area (Å²) in [5.74, 6) is 2.56. The van der Waals surface area contributed by atoms with Gasteiger partial charge < -0.3 is 9.47 Å². The van der Waals surface area contributed by atoms with Gasteiger partial charge in [0.25, 0.3) is 0 Å². The largest absolute Gasteiger partial charge is 0.495 e. The first-order chi connectivity index (χ1) is 11.3. The van der Waals surface area contributed by atoms with Crippen LogP contribution in [-0.4, -0.2) is 28.5 Å². The molecule has 1 fully saturated rings. The van der Waals surface area contributed by atoms with Gasteiger partial charge in [-0.2, -0.15) is 5.10 Å². The molecule has 0 spiro atoms. The van der Waals surface area contributed by atoms with Crippen molar-refractivity contribution in [1.82, 2.24) is 14.8 Å². The van der Waals surface area contributed by atoms with Crippen LogP contribution in [0.25, 0.3) is 0 Å². The minimum absolute atomic E-state index is 0.525. The number of aryl methyl sites for hydroxylation is 1. The molecule has 0 aromatic carbocycles. The second kappa shape index (κ2) is 7.49. The molecule has 2 heterocycles. The maximum atomic E-state index is 6.02. The van der Waals surface area contributed by atoms with Gasteiger partial charge in [-0.3, -0.25) is 9.67 Å². The van der Waals surface area contributed by atoms with Crippen molar-refractivity contribution in [2.24, 2.45) is 5.92 Å². The van der Waals surface area contributed by atoms with Crippen LogP contribution in [0, 0.1) is 5.92 Å². The van der Waals surface area contributed by atoms with E-state index in [1.54, 1.807) is 19.5 Å². The molecule has 0 amide bonds. The second-order valence-electron chi connectivity index (χ2n) is 6.09. The summed E-state index contributed by atoms with van der Waals surface area (Å²) in [4.78, 5) is 4.15. The maximum Gasteiger partial charge on any atom is 0.141 e. The molecule has 2 atom stereocenters. The number of pyridine rings is 1. The predicted molar refractivity (Wildman–Crippen MR) is 88.9 cm³/mol. The van der Waals surface area contributed by atoms with E-state index < -0.39 is 0 Å². The highest BCUT2D eigenvalue weighted by Crippen LogP contribution is 2.38. The van der Waals surface area contributed by atoms with E-state index in [0.29, 0.717) is 18.4 Å². The van der Waals surface area contributed by atoms with Crippen molar-refractivity contribution in [3.8, 4) is 11.5 Å². The predicted octanol–water partition coefficient (Wildman–Crippen LogP) is 3.66. The average Bonchev–Trinajstić information content (AvgIpc) is 3.09. The zero-order valence-electron chi connectivity index (χ0n) is 13.9. The Morgan fingerprint density at radius 1 is 1.22 bits per heavy atom. The summed E-state index contributed by atoms with van der Waals surface area (Å²) in [6, 6.07) is 4.06. The molecular weight excluding hydrogens is 290 g/mol. The third-order valence-electron chi connectivity index (χ3n) is 4.73. The molecule has 1 saturated carbocycles. The van der Waals surface area contributed by atoms with Crippen LogP contribution in [0.2, 0.25) is 0 Å². The summed E-state index contributed by atoms with van der Waals surface area (Å²) in [5, 5.41) is 4.43. The summed E-state index contributed by atoms with van der Waals surface area (Å²) in [6.45, 7) is 3.79. The van der Waals surface area contributed by atoms with E-state index in [2.05, 4.69) is 27.8 Å². The quantitative estimate of drug-likeness (QED) is 0.816. The van der Waals surface area contributed by atoms with Crippen molar-refractivity contribution < 1.29 is 9.47 Å². The molecule has 2 unspecified atom stereocenters. The first-order valence-corrected chi connectivity index (χ1v) is 8.45. The van der Waals surface area contributed by atoms with Crippen LogP contribution < -0.4 is 9.47 Å². The van der Waals surface area contributed by atoms with E-state index in [1.165, 1.54) is 31.4 Å². The number of nitrogens with zero attached hydrogens (tertiary/aromatic N) is 3. The Morgan fingerprint density at radius 2 is 2.04 bits per heavy atom. The Morgan fingerprint density at radius 3 is 2.87 bits per heavy atom. The lowest BCUT2D eigenvalue weighted by molar-refractivity contribution is 0.181. The Kier molecular flexibility index (Phi) is 5.16. The molecule has 0 radical (unpaired) electrons. The zero-order chi connectivity index (χ0) is 16.1. The van der Waals surface area contributed by atoms with Crippen molar-refractivity contribution in [3.05, 3.63) is 36.4 Å². The first kappa shape index (κ1) is 15.8. The zero-order valence-corrected chi connectivity index (χ0v) is 13.9. The summed E-state index contributed by atoms with van der Waals surface area (Å²) in [6.07, 6.45) is 10.3. The van der Waals surface area contributed by atoms with E-state index in [4.69, 9.17) is 9.47 Å². The highest BCUT2D eigenvalue weighted by molar-refractivity contribution is 5.28. The van der Waals surface area contributed by atoms with Crippen molar-refractivity contribution in [1.29, 1.82) is 0 Å². The molecule has 0 saturated heterocycles. The van der Waals surface area contributed by atoms with Crippen molar-refractivity contribution in [2.45, 2.75) is 45.1 Å². The van der Waals surface area contributed by atoms with Gasteiger partial charge in [0.05, 0.1) is 26.1 Å². The number of ether oxygens (including phenoxy) is 2. The van der Waals surface area contributed by atoms with Crippen molar-refractivity contribution >= 4 is 0 Å². The molecular formula is C18H25N3O2. The monoisotopic (exact) mass is 315 g/mol. The fraction of sp³-hybridized carbons (Fsp3) is 0.556. The fourth-order valence-electron chi connectivity index (χ4n) is 3.51. The van der Waals surface area contributed by atoms with Gasteiger partial charge in [0.2, 0.25) is 0 Å². The number of aromatic nitrogens is 3. The molecule has 2 aromatic heterocycles. The van der Waals surface area contributed by atoms with Crippen molar-refractivity contribution in [3.63, 3.8) is 0 Å². The van der Waals surface area contributed by atoms with Gasteiger partial charge in [0.15, 0.2) is 0 Å². The Bertz CT molecular complexity index is 626. The molecule has 3 rings (SSSR count). The Balaban J connectivity index is 1.69. The smallest absolute Gasteiger partial charge is 0.141 e. The van der Waals surface area contributed by atoms with Crippen LogP contribution in [0.5, 0.6) is 11.5 Å². The van der Waals surface area contributed by atoms with Crippen LogP contribution in [-0.2, 0) is 6.54 Å². The lowest BCUT2D eigenvalue weighted by atomic mass is 9.78. The van der Waals surface area contributed by atoms with E-state index in [9.17, 15) is 0 Å². The van der Waals surface area contributed by atoms with Gasteiger partial charge in [-0.25, -0.2) is 0 Å². The lowest BCUT2D eigenvalue weighted by Gasteiger charge is -2.31. The van der Waals surface area contributed by atoms with Crippen LogP contribution in [0.15, 0.2) is 30.7 Å². The van der Waals surface area contributed by atoms with Gasteiger partial charge in [-0.1, -0.05) is 12.8 Å². The van der Waals surface area contributed by atoms with E-state index >= 15 is 0 Å². The molecule has 23 heavy (non-hydrogen) atoms. The fourth-order valence-corrected chi connectivity index (χ4v) is 3.51. The second-order valence-corrected chi connectivity index (χ2v) is 6.09. The Labute approximate surface area is 137 Å². The standard InChI is InChI=1S/C18H25N3O2/c1-3-21-18(8-9-20-21)17-7-5-4-6-14(17)13-23-16-10-15(22-2)11-19-12-16/h8-12,14,17H,3-7,13H2,1-2H3. The topological polar surface area (TPSA) is 49.2 Å². The number of methoxy groups -OCH3 is 1. The molecule has 1 aliphatic rings. The van der Waals surface area contributed by atoms with Gasteiger partial charge in [0, 0.05) is 36.3 Å². The summed E-state index contributed by atoms with van der Waals surface area (Å²) in [7, 11) is 1.64.